The Bertz CT molecular complexity index is 465. The van der Waals surface area contributed by atoms with Crippen molar-refractivity contribution in [1.82, 2.24) is 4.98 Å². The molecule has 1 aliphatic heterocycles. The van der Waals surface area contributed by atoms with Crippen LogP contribution in [0.3, 0.4) is 0 Å². The topological polar surface area (TPSA) is 31.4 Å². The number of ether oxygens (including phenoxy) is 2. The quantitative estimate of drug-likeness (QED) is 0.666. The first-order valence-corrected chi connectivity index (χ1v) is 6.42. The Kier molecular flexibility index (Phi) is 2.47. The van der Waals surface area contributed by atoms with Crippen molar-refractivity contribution in [3.63, 3.8) is 0 Å². The van der Waals surface area contributed by atoms with Gasteiger partial charge in [0.25, 0.3) is 0 Å². The molecular formula is C13H16ClNO2. The highest BCUT2D eigenvalue weighted by Crippen LogP contribution is 2.47. The van der Waals surface area contributed by atoms with Crippen LogP contribution in [0, 0.1) is 6.92 Å². The number of aromatic nitrogens is 1. The third-order valence-corrected chi connectivity index (χ3v) is 3.99. The molecule has 0 radical (unpaired) electrons. The molecule has 0 amide bonds. The fourth-order valence-electron chi connectivity index (χ4n) is 2.75. The molecule has 1 fully saturated rings. The number of fused-ring (bicyclic) bond motifs is 2. The molecule has 92 valence electrons. The first-order chi connectivity index (χ1) is 8.02. The number of nitrogens with zero attached hydrogens (tertiary/aromatic N) is 1. The summed E-state index contributed by atoms with van der Waals surface area (Å²) >= 11 is 6.04. The second-order valence-electron chi connectivity index (χ2n) is 4.99. The Morgan fingerprint density at radius 2 is 2.00 bits per heavy atom. The van der Waals surface area contributed by atoms with Crippen molar-refractivity contribution >= 4 is 11.6 Å². The van der Waals surface area contributed by atoms with Crippen LogP contribution < -0.4 is 0 Å². The lowest BCUT2D eigenvalue weighted by atomic mass is 10.1. The zero-order valence-electron chi connectivity index (χ0n) is 10.3. The van der Waals surface area contributed by atoms with Gasteiger partial charge in [-0.25, -0.2) is 4.98 Å². The Balaban J connectivity index is 2.10. The summed E-state index contributed by atoms with van der Waals surface area (Å²) in [5.41, 5.74) is 3.30. The summed E-state index contributed by atoms with van der Waals surface area (Å²) in [7, 11) is 0. The highest BCUT2D eigenvalue weighted by Gasteiger charge is 2.51. The summed E-state index contributed by atoms with van der Waals surface area (Å²) in [6, 6.07) is 1.90. The number of rotatable bonds is 0. The standard InChI is InChI=1S/C13H16ClNO2/c1-7-6-11(14)15-12-10(7)4-5-13(12)16-8(2)9(3)17-13/h6,8-9H,4-5H2,1-3H3/t8-,9-/m0/s1. The van der Waals surface area contributed by atoms with Gasteiger partial charge in [-0.05, 0) is 44.4 Å². The predicted octanol–water partition coefficient (Wildman–Crippen LogP) is 2.97. The van der Waals surface area contributed by atoms with Gasteiger partial charge in [0, 0.05) is 6.42 Å². The van der Waals surface area contributed by atoms with E-state index < -0.39 is 5.79 Å². The molecule has 4 heteroatoms. The molecule has 17 heavy (non-hydrogen) atoms. The van der Waals surface area contributed by atoms with E-state index in [0.29, 0.717) is 5.15 Å². The summed E-state index contributed by atoms with van der Waals surface area (Å²) in [5.74, 6) is -0.649. The van der Waals surface area contributed by atoms with Crippen molar-refractivity contribution in [3.05, 3.63) is 28.0 Å². The Labute approximate surface area is 106 Å². The van der Waals surface area contributed by atoms with Crippen molar-refractivity contribution in [2.75, 3.05) is 0 Å². The van der Waals surface area contributed by atoms with E-state index in [0.717, 1.165) is 18.5 Å². The molecule has 1 saturated heterocycles. The van der Waals surface area contributed by atoms with Gasteiger partial charge in [0.05, 0.1) is 12.2 Å². The monoisotopic (exact) mass is 253 g/mol. The Morgan fingerprint density at radius 1 is 1.35 bits per heavy atom. The van der Waals surface area contributed by atoms with Crippen molar-refractivity contribution in [1.29, 1.82) is 0 Å². The van der Waals surface area contributed by atoms with E-state index in [-0.39, 0.29) is 12.2 Å². The predicted molar refractivity (Wildman–Crippen MR) is 65.1 cm³/mol. The van der Waals surface area contributed by atoms with Gasteiger partial charge < -0.3 is 9.47 Å². The van der Waals surface area contributed by atoms with Gasteiger partial charge in [-0.3, -0.25) is 0 Å². The molecule has 2 atom stereocenters. The minimum atomic E-state index is -0.649. The number of halogens is 1. The zero-order chi connectivity index (χ0) is 12.2. The SMILES string of the molecule is Cc1cc(Cl)nc2c1CCC21O[C@@H](C)[C@H](C)O1. The molecular weight excluding hydrogens is 238 g/mol. The van der Waals surface area contributed by atoms with Crippen LogP contribution in [0.2, 0.25) is 5.15 Å². The molecule has 1 aliphatic carbocycles. The smallest absolute Gasteiger partial charge is 0.213 e. The van der Waals surface area contributed by atoms with Gasteiger partial charge in [0.1, 0.15) is 10.8 Å². The third-order valence-electron chi connectivity index (χ3n) is 3.79. The molecule has 3 nitrogen and oxygen atoms in total. The highest BCUT2D eigenvalue weighted by atomic mass is 35.5. The maximum Gasteiger partial charge on any atom is 0.213 e. The Morgan fingerprint density at radius 3 is 2.65 bits per heavy atom. The molecule has 1 spiro atoms. The van der Waals surface area contributed by atoms with Gasteiger partial charge in [0.2, 0.25) is 5.79 Å². The van der Waals surface area contributed by atoms with E-state index in [4.69, 9.17) is 21.1 Å². The van der Waals surface area contributed by atoms with Gasteiger partial charge in [0.15, 0.2) is 0 Å². The second-order valence-corrected chi connectivity index (χ2v) is 5.38. The molecule has 0 unspecified atom stereocenters. The first kappa shape index (κ1) is 11.5. The normalized spacial score (nSPS) is 29.9. The second kappa shape index (κ2) is 3.67. The summed E-state index contributed by atoms with van der Waals surface area (Å²) < 4.78 is 12.0. The first-order valence-electron chi connectivity index (χ1n) is 6.04. The summed E-state index contributed by atoms with van der Waals surface area (Å²) in [6.07, 6.45) is 1.99. The lowest BCUT2D eigenvalue weighted by Gasteiger charge is -2.23. The van der Waals surface area contributed by atoms with Gasteiger partial charge >= 0.3 is 0 Å². The Hall–Kier alpha value is -0.640. The highest BCUT2D eigenvalue weighted by molar-refractivity contribution is 6.29. The summed E-state index contributed by atoms with van der Waals surface area (Å²) in [5, 5.41) is 0.516. The van der Waals surface area contributed by atoms with E-state index in [2.05, 4.69) is 11.9 Å². The summed E-state index contributed by atoms with van der Waals surface area (Å²) in [6.45, 7) is 6.14. The maximum absolute atomic E-state index is 6.04. The molecule has 0 bridgehead atoms. The van der Waals surface area contributed by atoms with Crippen LogP contribution in [0.15, 0.2) is 6.07 Å². The molecule has 0 aromatic carbocycles. The number of aryl methyl sites for hydroxylation is 1. The largest absolute Gasteiger partial charge is 0.339 e. The van der Waals surface area contributed by atoms with Crippen LogP contribution in [0.25, 0.3) is 0 Å². The van der Waals surface area contributed by atoms with Crippen molar-refractivity contribution < 1.29 is 9.47 Å². The van der Waals surface area contributed by atoms with Crippen LogP contribution in [0.1, 0.15) is 37.1 Å². The number of hydrogen-bond donors (Lipinski definition) is 0. The summed E-state index contributed by atoms with van der Waals surface area (Å²) in [4.78, 5) is 4.43. The average molecular weight is 254 g/mol. The van der Waals surface area contributed by atoms with Gasteiger partial charge in [-0.2, -0.15) is 0 Å². The lowest BCUT2D eigenvalue weighted by Crippen LogP contribution is -2.26. The average Bonchev–Trinajstić information content (AvgIpc) is 2.71. The van der Waals surface area contributed by atoms with Crippen molar-refractivity contribution in [2.24, 2.45) is 0 Å². The zero-order valence-corrected chi connectivity index (χ0v) is 11.0. The fourth-order valence-corrected chi connectivity index (χ4v) is 3.00. The maximum atomic E-state index is 6.04. The van der Waals surface area contributed by atoms with E-state index >= 15 is 0 Å². The molecule has 3 rings (SSSR count). The minimum absolute atomic E-state index is 0.0991. The number of pyridine rings is 1. The van der Waals surface area contributed by atoms with Crippen LogP contribution >= 0.6 is 11.6 Å². The van der Waals surface area contributed by atoms with Crippen LogP contribution in [-0.2, 0) is 21.7 Å². The van der Waals surface area contributed by atoms with Crippen molar-refractivity contribution in [3.8, 4) is 0 Å². The van der Waals surface area contributed by atoms with E-state index in [1.165, 1.54) is 11.1 Å². The van der Waals surface area contributed by atoms with Gasteiger partial charge in [-0.1, -0.05) is 11.6 Å². The lowest BCUT2D eigenvalue weighted by molar-refractivity contribution is -0.182. The van der Waals surface area contributed by atoms with E-state index in [9.17, 15) is 0 Å². The minimum Gasteiger partial charge on any atom is -0.339 e. The van der Waals surface area contributed by atoms with E-state index in [1.807, 2.05) is 19.9 Å². The fraction of sp³-hybridized carbons (Fsp3) is 0.615. The van der Waals surface area contributed by atoms with Crippen LogP contribution in [0.5, 0.6) is 0 Å². The molecule has 2 heterocycles. The number of hydrogen-bond acceptors (Lipinski definition) is 3. The third kappa shape index (κ3) is 1.60. The molecule has 0 saturated carbocycles. The molecule has 2 aliphatic rings. The van der Waals surface area contributed by atoms with Crippen LogP contribution in [0.4, 0.5) is 0 Å². The molecule has 1 aromatic rings. The van der Waals surface area contributed by atoms with E-state index in [1.54, 1.807) is 0 Å². The molecule has 1 aromatic heterocycles. The van der Waals surface area contributed by atoms with Crippen molar-refractivity contribution in [2.45, 2.75) is 51.6 Å². The molecule has 0 N–H and O–H groups in total. The van der Waals surface area contributed by atoms with Gasteiger partial charge in [-0.15, -0.1) is 0 Å². The van der Waals surface area contributed by atoms with Crippen LogP contribution in [-0.4, -0.2) is 17.2 Å².